The zero-order valence-electron chi connectivity index (χ0n) is 16.1. The van der Waals surface area contributed by atoms with E-state index in [1.54, 1.807) is 17.0 Å². The maximum absolute atomic E-state index is 12.6. The molecule has 1 amide bonds. The van der Waals surface area contributed by atoms with Gasteiger partial charge in [-0.15, -0.1) is 0 Å². The molecular formula is C21H22ClN3O3. The first-order valence-electron chi connectivity index (χ1n) is 9.03. The molecule has 3 rings (SSSR count). The molecule has 0 unspecified atom stereocenters. The van der Waals surface area contributed by atoms with Gasteiger partial charge in [0, 0.05) is 17.1 Å². The van der Waals surface area contributed by atoms with E-state index < -0.39 is 0 Å². The van der Waals surface area contributed by atoms with E-state index in [-0.39, 0.29) is 19.1 Å². The van der Waals surface area contributed by atoms with Crippen molar-refractivity contribution in [3.05, 3.63) is 64.5 Å². The van der Waals surface area contributed by atoms with Crippen molar-refractivity contribution in [2.45, 2.75) is 27.3 Å². The summed E-state index contributed by atoms with van der Waals surface area (Å²) in [6, 6.07) is 12.9. The lowest BCUT2D eigenvalue weighted by Crippen LogP contribution is -2.34. The smallest absolute Gasteiger partial charge is 0.260 e. The summed E-state index contributed by atoms with van der Waals surface area (Å²) in [6.45, 7) is 6.57. The second kappa shape index (κ2) is 8.89. The summed E-state index contributed by atoms with van der Waals surface area (Å²) in [6.07, 6.45) is 0. The van der Waals surface area contributed by atoms with Gasteiger partial charge in [0.2, 0.25) is 11.7 Å². The third-order valence-corrected chi connectivity index (χ3v) is 4.79. The van der Waals surface area contributed by atoms with Crippen LogP contribution in [-0.2, 0) is 11.3 Å². The number of amides is 1. The Hall–Kier alpha value is -2.86. The quantitative estimate of drug-likeness (QED) is 0.587. The zero-order valence-corrected chi connectivity index (χ0v) is 16.9. The van der Waals surface area contributed by atoms with Gasteiger partial charge in [-0.05, 0) is 62.2 Å². The third-order valence-electron chi connectivity index (χ3n) is 4.54. The van der Waals surface area contributed by atoms with Crippen molar-refractivity contribution >= 4 is 17.5 Å². The van der Waals surface area contributed by atoms with Crippen LogP contribution in [-0.4, -0.2) is 34.1 Å². The van der Waals surface area contributed by atoms with Crippen molar-refractivity contribution in [2.24, 2.45) is 0 Å². The minimum Gasteiger partial charge on any atom is -0.483 e. The van der Waals surface area contributed by atoms with Crippen molar-refractivity contribution in [3.63, 3.8) is 0 Å². The molecule has 6 nitrogen and oxygen atoms in total. The molecule has 0 aliphatic carbocycles. The molecule has 0 aliphatic heterocycles. The molecule has 7 heteroatoms. The highest BCUT2D eigenvalue weighted by Gasteiger charge is 2.18. The molecule has 146 valence electrons. The first-order valence-corrected chi connectivity index (χ1v) is 9.41. The van der Waals surface area contributed by atoms with E-state index in [1.165, 1.54) is 0 Å². The number of hydrogen-bond acceptors (Lipinski definition) is 5. The Bertz CT molecular complexity index is 954. The molecule has 1 aromatic heterocycles. The number of likely N-dealkylation sites (N-methyl/N-ethyl adjacent to an activating group) is 1. The Labute approximate surface area is 169 Å². The fraction of sp³-hybridized carbons (Fsp3) is 0.286. The molecule has 0 bridgehead atoms. The molecular weight excluding hydrogens is 378 g/mol. The molecule has 0 aliphatic rings. The Morgan fingerprint density at radius 3 is 2.64 bits per heavy atom. The van der Waals surface area contributed by atoms with Crippen LogP contribution >= 0.6 is 11.6 Å². The first-order chi connectivity index (χ1) is 13.5. The number of benzene rings is 2. The zero-order chi connectivity index (χ0) is 20.1. The van der Waals surface area contributed by atoms with Gasteiger partial charge in [0.1, 0.15) is 12.3 Å². The number of ether oxygens (including phenoxy) is 1. The van der Waals surface area contributed by atoms with E-state index in [2.05, 4.69) is 10.1 Å². The normalized spacial score (nSPS) is 10.7. The van der Waals surface area contributed by atoms with Crippen LogP contribution in [0, 0.1) is 13.8 Å². The maximum atomic E-state index is 12.6. The number of carbonyl (C=O) groups is 1. The van der Waals surface area contributed by atoms with Crippen molar-refractivity contribution < 1.29 is 14.1 Å². The summed E-state index contributed by atoms with van der Waals surface area (Å²) in [5.41, 5.74) is 2.95. The van der Waals surface area contributed by atoms with Crippen molar-refractivity contribution in [1.82, 2.24) is 15.0 Å². The van der Waals surface area contributed by atoms with E-state index in [0.29, 0.717) is 29.0 Å². The first kappa shape index (κ1) is 19.9. The number of rotatable bonds is 7. The van der Waals surface area contributed by atoms with E-state index in [9.17, 15) is 4.79 Å². The van der Waals surface area contributed by atoms with Crippen LogP contribution in [0.4, 0.5) is 0 Å². The Balaban J connectivity index is 1.63. The lowest BCUT2D eigenvalue weighted by molar-refractivity contribution is -0.134. The Morgan fingerprint density at radius 2 is 1.93 bits per heavy atom. The number of halogens is 1. The molecule has 0 N–H and O–H groups in total. The number of hydrogen-bond donors (Lipinski definition) is 0. The van der Waals surface area contributed by atoms with E-state index >= 15 is 0 Å². The highest BCUT2D eigenvalue weighted by Crippen LogP contribution is 2.21. The lowest BCUT2D eigenvalue weighted by atomic mass is 10.1. The molecule has 2 aromatic carbocycles. The van der Waals surface area contributed by atoms with Crippen LogP contribution in [0.1, 0.15) is 23.9 Å². The summed E-state index contributed by atoms with van der Waals surface area (Å²) in [7, 11) is 0. The van der Waals surface area contributed by atoms with Gasteiger partial charge >= 0.3 is 0 Å². The molecule has 0 spiro atoms. The van der Waals surface area contributed by atoms with E-state index in [4.69, 9.17) is 20.9 Å². The minimum atomic E-state index is -0.144. The molecule has 0 radical (unpaired) electrons. The van der Waals surface area contributed by atoms with E-state index in [0.717, 1.165) is 16.7 Å². The van der Waals surface area contributed by atoms with Crippen LogP contribution in [0.25, 0.3) is 11.4 Å². The van der Waals surface area contributed by atoms with Gasteiger partial charge in [0.05, 0.1) is 0 Å². The van der Waals surface area contributed by atoms with Crippen LogP contribution < -0.4 is 4.74 Å². The second-order valence-electron chi connectivity index (χ2n) is 6.41. The van der Waals surface area contributed by atoms with Gasteiger partial charge in [-0.1, -0.05) is 28.9 Å². The van der Waals surface area contributed by atoms with Crippen LogP contribution in [0.2, 0.25) is 5.02 Å². The fourth-order valence-corrected chi connectivity index (χ4v) is 2.81. The van der Waals surface area contributed by atoms with Gasteiger partial charge in [0.25, 0.3) is 5.91 Å². The number of aromatic nitrogens is 2. The van der Waals surface area contributed by atoms with Gasteiger partial charge in [-0.2, -0.15) is 4.98 Å². The monoisotopic (exact) mass is 399 g/mol. The molecule has 3 aromatic rings. The standard InChI is InChI=1S/C21H22ClN3O3/c1-4-25(20(26)13-27-18-7-5-6-14(2)15(18)3)12-19-23-21(24-28-19)16-8-10-17(22)11-9-16/h5-11H,4,12-13H2,1-3H3. The topological polar surface area (TPSA) is 68.5 Å². The predicted octanol–water partition coefficient (Wildman–Crippen LogP) is 4.43. The van der Waals surface area contributed by atoms with Crippen molar-refractivity contribution in [2.75, 3.05) is 13.2 Å². The molecule has 0 saturated heterocycles. The van der Waals surface area contributed by atoms with Crippen LogP contribution in [0.5, 0.6) is 5.75 Å². The van der Waals surface area contributed by atoms with Crippen LogP contribution in [0.15, 0.2) is 47.0 Å². The summed E-state index contributed by atoms with van der Waals surface area (Å²) in [4.78, 5) is 18.5. The predicted molar refractivity (Wildman–Crippen MR) is 107 cm³/mol. The average molecular weight is 400 g/mol. The summed E-state index contributed by atoms with van der Waals surface area (Å²) in [5.74, 6) is 1.40. The molecule has 0 fully saturated rings. The molecule has 28 heavy (non-hydrogen) atoms. The second-order valence-corrected chi connectivity index (χ2v) is 6.85. The fourth-order valence-electron chi connectivity index (χ4n) is 2.69. The van der Waals surface area contributed by atoms with Gasteiger partial charge < -0.3 is 14.2 Å². The van der Waals surface area contributed by atoms with Crippen molar-refractivity contribution in [3.8, 4) is 17.1 Å². The lowest BCUT2D eigenvalue weighted by Gasteiger charge is -2.19. The summed E-state index contributed by atoms with van der Waals surface area (Å²) < 4.78 is 11.0. The molecule has 0 saturated carbocycles. The SMILES string of the molecule is CCN(Cc1nc(-c2ccc(Cl)cc2)no1)C(=O)COc1cccc(C)c1C. The van der Waals surface area contributed by atoms with Gasteiger partial charge in [-0.25, -0.2) is 0 Å². The third kappa shape index (κ3) is 4.70. The number of aryl methyl sites for hydroxylation is 1. The van der Waals surface area contributed by atoms with Crippen molar-refractivity contribution in [1.29, 1.82) is 0 Å². The minimum absolute atomic E-state index is 0.0453. The summed E-state index contributed by atoms with van der Waals surface area (Å²) >= 11 is 5.90. The maximum Gasteiger partial charge on any atom is 0.260 e. The van der Waals surface area contributed by atoms with Gasteiger partial charge in [0.15, 0.2) is 6.61 Å². The number of nitrogens with zero attached hydrogens (tertiary/aromatic N) is 3. The largest absolute Gasteiger partial charge is 0.483 e. The molecule has 1 heterocycles. The number of carbonyl (C=O) groups excluding carboxylic acids is 1. The molecule has 0 atom stereocenters. The van der Waals surface area contributed by atoms with Gasteiger partial charge in [-0.3, -0.25) is 4.79 Å². The Morgan fingerprint density at radius 1 is 1.18 bits per heavy atom. The highest BCUT2D eigenvalue weighted by molar-refractivity contribution is 6.30. The van der Waals surface area contributed by atoms with E-state index in [1.807, 2.05) is 51.1 Å². The summed E-state index contributed by atoms with van der Waals surface area (Å²) in [5, 5.41) is 4.62. The average Bonchev–Trinajstić information content (AvgIpc) is 3.16. The van der Waals surface area contributed by atoms with Crippen LogP contribution in [0.3, 0.4) is 0 Å². The highest BCUT2D eigenvalue weighted by atomic mass is 35.5. The Kier molecular flexibility index (Phi) is 6.31.